The van der Waals surface area contributed by atoms with Crippen LogP contribution in [0.2, 0.25) is 0 Å². The number of hydrogen-bond donors (Lipinski definition) is 0. The van der Waals surface area contributed by atoms with Gasteiger partial charge in [0.05, 0.1) is 0 Å². The van der Waals surface area contributed by atoms with Crippen molar-refractivity contribution >= 4 is 40.7 Å². The molecule has 0 N–H and O–H groups in total. The number of fused-ring (bicyclic) bond motifs is 1. The van der Waals surface area contributed by atoms with Gasteiger partial charge >= 0.3 is 160 Å². The molecule has 0 bridgehead atoms. The van der Waals surface area contributed by atoms with Crippen molar-refractivity contribution in [1.29, 1.82) is 0 Å². The second kappa shape index (κ2) is 6.95. The minimum atomic E-state index is 0.0489. The molecule has 0 aliphatic heterocycles. The second-order valence-corrected chi connectivity index (χ2v) is 8.61. The van der Waals surface area contributed by atoms with Gasteiger partial charge < -0.3 is 0 Å². The maximum absolute atomic E-state index is 12.6. The normalized spacial score (nSPS) is 11.0. The van der Waals surface area contributed by atoms with Crippen LogP contribution in [-0.2, 0) is 0 Å². The fourth-order valence-corrected chi connectivity index (χ4v) is 5.59. The number of benzene rings is 3. The molecule has 0 atom stereocenters. The molecule has 1 heterocycles. The van der Waals surface area contributed by atoms with Gasteiger partial charge in [0.2, 0.25) is 0 Å². The van der Waals surface area contributed by atoms with Gasteiger partial charge in [-0.05, 0) is 0 Å². The first-order valence-electron chi connectivity index (χ1n) is 8.59. The topological polar surface area (TPSA) is 22.0 Å². The van der Waals surface area contributed by atoms with Gasteiger partial charge in [0.25, 0.3) is 0 Å². The Hall–Kier alpha value is -2.61. The van der Waals surface area contributed by atoms with Crippen LogP contribution in [0.1, 0.15) is 17.3 Å². The molecule has 3 aromatic carbocycles. The van der Waals surface area contributed by atoms with Gasteiger partial charge in [0.15, 0.2) is 0 Å². The van der Waals surface area contributed by atoms with Gasteiger partial charge in [0, 0.05) is 0 Å². The van der Waals surface area contributed by atoms with E-state index < -0.39 is 0 Å². The zero-order valence-electron chi connectivity index (χ0n) is 14.8. The summed E-state index contributed by atoms with van der Waals surface area (Å²) in [6.45, 7) is 3.75. The SMILES string of the molecule is CC(=O)n1c(-c2ccccc2)c([Se]c2ccccc2)c2cc(C)ccc21. The zero-order chi connectivity index (χ0) is 18.1. The molecule has 1 aromatic heterocycles. The molecule has 0 amide bonds. The van der Waals surface area contributed by atoms with Crippen molar-refractivity contribution < 1.29 is 4.79 Å². The predicted molar refractivity (Wildman–Crippen MR) is 110 cm³/mol. The summed E-state index contributed by atoms with van der Waals surface area (Å²) in [4.78, 5) is 12.6. The maximum atomic E-state index is 12.6. The van der Waals surface area contributed by atoms with E-state index in [0.717, 1.165) is 16.8 Å². The van der Waals surface area contributed by atoms with Crippen molar-refractivity contribution in [3.8, 4) is 11.3 Å². The van der Waals surface area contributed by atoms with Crippen molar-refractivity contribution in [2.75, 3.05) is 0 Å². The van der Waals surface area contributed by atoms with Gasteiger partial charge in [0.1, 0.15) is 0 Å². The molecule has 0 saturated carbocycles. The van der Waals surface area contributed by atoms with Crippen LogP contribution in [0.15, 0.2) is 78.9 Å². The Morgan fingerprint density at radius 1 is 0.885 bits per heavy atom. The summed E-state index contributed by atoms with van der Waals surface area (Å²) >= 11 is 0.110. The van der Waals surface area contributed by atoms with Gasteiger partial charge in [-0.3, -0.25) is 0 Å². The monoisotopic (exact) mass is 405 g/mol. The Balaban J connectivity index is 2.06. The molecule has 0 unspecified atom stereocenters. The van der Waals surface area contributed by atoms with Gasteiger partial charge in [-0.25, -0.2) is 0 Å². The van der Waals surface area contributed by atoms with Crippen LogP contribution in [0.4, 0.5) is 0 Å². The third kappa shape index (κ3) is 3.01. The summed E-state index contributed by atoms with van der Waals surface area (Å²) in [5, 5.41) is 1.18. The molecule has 4 rings (SSSR count). The molecule has 0 fully saturated rings. The van der Waals surface area contributed by atoms with Crippen molar-refractivity contribution in [1.82, 2.24) is 4.57 Å². The fourth-order valence-electron chi connectivity index (χ4n) is 3.27. The van der Waals surface area contributed by atoms with Gasteiger partial charge in [-0.2, -0.15) is 0 Å². The molecule has 0 radical (unpaired) electrons. The van der Waals surface area contributed by atoms with Crippen LogP contribution in [-0.4, -0.2) is 25.4 Å². The number of carbonyl (C=O) groups is 1. The average Bonchev–Trinajstić information content (AvgIpc) is 2.97. The number of aryl methyl sites for hydroxylation is 1. The fraction of sp³-hybridized carbons (Fsp3) is 0.0870. The molecular formula is C23H19NOSe. The Bertz CT molecular complexity index is 1080. The van der Waals surface area contributed by atoms with Crippen molar-refractivity contribution in [2.24, 2.45) is 0 Å². The van der Waals surface area contributed by atoms with E-state index in [1.807, 2.05) is 28.8 Å². The van der Waals surface area contributed by atoms with Crippen LogP contribution >= 0.6 is 0 Å². The standard InChI is InChI=1S/C23H19NOSe/c1-16-13-14-21-20(15-16)23(26-19-11-7-4-8-12-19)22(24(21)17(2)25)18-9-5-3-6-10-18/h3-15H,1-2H3. The van der Waals surface area contributed by atoms with Crippen LogP contribution in [0.3, 0.4) is 0 Å². The summed E-state index contributed by atoms with van der Waals surface area (Å²) in [6, 6.07) is 27.1. The van der Waals surface area contributed by atoms with Crippen molar-refractivity contribution in [3.63, 3.8) is 0 Å². The first-order valence-corrected chi connectivity index (χ1v) is 10.3. The van der Waals surface area contributed by atoms with E-state index in [9.17, 15) is 4.79 Å². The molecule has 0 spiro atoms. The van der Waals surface area contributed by atoms with Crippen LogP contribution in [0, 0.1) is 6.92 Å². The number of nitrogens with zero attached hydrogens (tertiary/aromatic N) is 1. The molecule has 4 aromatic rings. The quantitative estimate of drug-likeness (QED) is 0.475. The van der Waals surface area contributed by atoms with Crippen molar-refractivity contribution in [2.45, 2.75) is 13.8 Å². The zero-order valence-corrected chi connectivity index (χ0v) is 16.5. The number of hydrogen-bond acceptors (Lipinski definition) is 1. The summed E-state index contributed by atoms with van der Waals surface area (Å²) < 4.78 is 4.45. The van der Waals surface area contributed by atoms with E-state index in [1.165, 1.54) is 19.9 Å². The summed E-state index contributed by atoms with van der Waals surface area (Å²) in [5.41, 5.74) is 4.32. The van der Waals surface area contributed by atoms with Crippen molar-refractivity contribution in [3.05, 3.63) is 84.4 Å². The van der Waals surface area contributed by atoms with E-state index >= 15 is 0 Å². The Kier molecular flexibility index (Phi) is 4.50. The Morgan fingerprint density at radius 3 is 2.19 bits per heavy atom. The molecule has 3 heteroatoms. The third-order valence-electron chi connectivity index (χ3n) is 4.40. The van der Waals surface area contributed by atoms with E-state index in [2.05, 4.69) is 61.5 Å². The van der Waals surface area contributed by atoms with E-state index in [0.29, 0.717) is 0 Å². The van der Waals surface area contributed by atoms with E-state index in [-0.39, 0.29) is 20.9 Å². The third-order valence-corrected chi connectivity index (χ3v) is 6.76. The molecular weight excluding hydrogens is 385 g/mol. The molecule has 26 heavy (non-hydrogen) atoms. The number of carbonyl (C=O) groups excluding carboxylic acids is 1. The summed E-state index contributed by atoms with van der Waals surface area (Å²) in [5.74, 6) is 0.0489. The molecule has 0 saturated heterocycles. The van der Waals surface area contributed by atoms with Gasteiger partial charge in [-0.1, -0.05) is 0 Å². The number of aromatic nitrogens is 1. The van der Waals surface area contributed by atoms with E-state index in [4.69, 9.17) is 0 Å². The van der Waals surface area contributed by atoms with Gasteiger partial charge in [-0.15, -0.1) is 0 Å². The average molecular weight is 404 g/mol. The first-order chi connectivity index (χ1) is 12.6. The molecule has 2 nitrogen and oxygen atoms in total. The molecule has 0 aliphatic carbocycles. The van der Waals surface area contributed by atoms with Crippen LogP contribution in [0.25, 0.3) is 22.2 Å². The Labute approximate surface area is 159 Å². The molecule has 0 aliphatic rings. The first kappa shape index (κ1) is 16.8. The van der Waals surface area contributed by atoms with Crippen LogP contribution < -0.4 is 8.92 Å². The predicted octanol–water partition coefficient (Wildman–Crippen LogP) is 3.93. The minimum absolute atomic E-state index is 0.0489. The number of rotatable bonds is 3. The second-order valence-electron chi connectivity index (χ2n) is 6.33. The Morgan fingerprint density at radius 2 is 1.54 bits per heavy atom. The molecule has 128 valence electrons. The van der Waals surface area contributed by atoms with Crippen LogP contribution in [0.5, 0.6) is 0 Å². The summed E-state index contributed by atoms with van der Waals surface area (Å²) in [6.07, 6.45) is 0. The summed E-state index contributed by atoms with van der Waals surface area (Å²) in [7, 11) is 0. The van der Waals surface area contributed by atoms with E-state index in [1.54, 1.807) is 6.92 Å².